The number of carbonyl (C=O) groups excluding carboxylic acids is 3. The summed E-state index contributed by atoms with van der Waals surface area (Å²) in [6.07, 6.45) is 0.174. The van der Waals surface area contributed by atoms with Crippen LogP contribution in [0.2, 0.25) is 0 Å². The van der Waals surface area contributed by atoms with Crippen molar-refractivity contribution >= 4 is 23.5 Å². The second-order valence-electron chi connectivity index (χ2n) is 4.46. The summed E-state index contributed by atoms with van der Waals surface area (Å²) >= 11 is 0. The van der Waals surface area contributed by atoms with Crippen molar-refractivity contribution in [1.82, 2.24) is 5.32 Å². The number of para-hydroxylation sites is 1. The maximum Gasteiger partial charge on any atom is 0.340 e. The van der Waals surface area contributed by atoms with Gasteiger partial charge in [0.15, 0.2) is 0 Å². The first-order chi connectivity index (χ1) is 9.61. The molecule has 0 radical (unpaired) electrons. The molecule has 2 amide bonds. The van der Waals surface area contributed by atoms with Gasteiger partial charge in [-0.25, -0.2) is 4.79 Å². The van der Waals surface area contributed by atoms with E-state index in [-0.39, 0.29) is 24.8 Å². The molecule has 1 fully saturated rings. The number of esters is 1. The Morgan fingerprint density at radius 3 is 2.80 bits per heavy atom. The first-order valence-corrected chi connectivity index (χ1v) is 6.45. The van der Waals surface area contributed by atoms with Crippen LogP contribution in [0.5, 0.6) is 0 Å². The number of amides is 2. The Bertz CT molecular complexity index is 542. The molecule has 0 bridgehead atoms. The molecule has 0 aliphatic carbocycles. The lowest BCUT2D eigenvalue weighted by molar-refractivity contribution is -0.123. The predicted octanol–water partition coefficient (Wildman–Crippen LogP) is 0.938. The van der Waals surface area contributed by atoms with Crippen LogP contribution in [0.4, 0.5) is 5.69 Å². The molecule has 1 aliphatic heterocycles. The maximum atomic E-state index is 12.0. The van der Waals surface area contributed by atoms with Gasteiger partial charge in [0, 0.05) is 13.0 Å². The standard InChI is InChI=1S/C14H16N2O4/c1-2-20-14(19)10-5-3-4-6-11(10)16-13(18)9-7-12(17)15-8-9/h3-6,9H,2,7-8H2,1H3,(H,15,17)(H,16,18). The Morgan fingerprint density at radius 2 is 2.15 bits per heavy atom. The van der Waals surface area contributed by atoms with Crippen LogP contribution in [0, 0.1) is 5.92 Å². The lowest BCUT2D eigenvalue weighted by Gasteiger charge is -2.12. The fourth-order valence-electron chi connectivity index (χ4n) is 2.00. The molecule has 2 N–H and O–H groups in total. The van der Waals surface area contributed by atoms with Gasteiger partial charge in [0.25, 0.3) is 0 Å². The predicted molar refractivity (Wildman–Crippen MR) is 72.1 cm³/mol. The lowest BCUT2D eigenvalue weighted by Crippen LogP contribution is -2.25. The topological polar surface area (TPSA) is 84.5 Å². The smallest absolute Gasteiger partial charge is 0.340 e. The van der Waals surface area contributed by atoms with E-state index in [0.29, 0.717) is 17.8 Å². The van der Waals surface area contributed by atoms with Crippen molar-refractivity contribution < 1.29 is 19.1 Å². The quantitative estimate of drug-likeness (QED) is 0.801. The van der Waals surface area contributed by atoms with Crippen LogP contribution in [-0.4, -0.2) is 30.9 Å². The van der Waals surface area contributed by atoms with Gasteiger partial charge in [0.1, 0.15) is 0 Å². The molecule has 0 spiro atoms. The molecule has 0 aromatic heterocycles. The highest BCUT2D eigenvalue weighted by molar-refractivity contribution is 6.03. The van der Waals surface area contributed by atoms with Crippen LogP contribution in [0.25, 0.3) is 0 Å². The third-order valence-corrected chi connectivity index (χ3v) is 3.03. The SMILES string of the molecule is CCOC(=O)c1ccccc1NC(=O)C1CNC(=O)C1. The second-order valence-corrected chi connectivity index (χ2v) is 4.46. The summed E-state index contributed by atoms with van der Waals surface area (Å²) in [5.74, 6) is -1.30. The molecule has 2 rings (SSSR count). The van der Waals surface area contributed by atoms with Crippen LogP contribution in [0.1, 0.15) is 23.7 Å². The summed E-state index contributed by atoms with van der Waals surface area (Å²) in [6, 6.07) is 6.64. The van der Waals surface area contributed by atoms with Gasteiger partial charge in [-0.05, 0) is 19.1 Å². The van der Waals surface area contributed by atoms with Crippen LogP contribution in [0.15, 0.2) is 24.3 Å². The minimum absolute atomic E-state index is 0.135. The van der Waals surface area contributed by atoms with Gasteiger partial charge >= 0.3 is 5.97 Å². The van der Waals surface area contributed by atoms with Crippen molar-refractivity contribution in [2.45, 2.75) is 13.3 Å². The second kappa shape index (κ2) is 6.18. The zero-order chi connectivity index (χ0) is 14.5. The first-order valence-electron chi connectivity index (χ1n) is 6.45. The van der Waals surface area contributed by atoms with Gasteiger partial charge < -0.3 is 15.4 Å². The molecule has 1 saturated heterocycles. The highest BCUT2D eigenvalue weighted by Crippen LogP contribution is 2.19. The summed E-state index contributed by atoms with van der Waals surface area (Å²) < 4.78 is 4.94. The number of anilines is 1. The van der Waals surface area contributed by atoms with E-state index in [9.17, 15) is 14.4 Å². The van der Waals surface area contributed by atoms with Crippen molar-refractivity contribution in [3.05, 3.63) is 29.8 Å². The van der Waals surface area contributed by atoms with Gasteiger partial charge in [0.2, 0.25) is 11.8 Å². The number of carbonyl (C=O) groups is 3. The van der Waals surface area contributed by atoms with E-state index in [0.717, 1.165) is 0 Å². The van der Waals surface area contributed by atoms with E-state index in [1.807, 2.05) is 0 Å². The monoisotopic (exact) mass is 276 g/mol. The zero-order valence-electron chi connectivity index (χ0n) is 11.1. The highest BCUT2D eigenvalue weighted by Gasteiger charge is 2.28. The Labute approximate surface area is 116 Å². The number of nitrogens with one attached hydrogen (secondary N) is 2. The number of ether oxygens (including phenoxy) is 1. The molecule has 1 aromatic rings. The lowest BCUT2D eigenvalue weighted by atomic mass is 10.1. The summed E-state index contributed by atoms with van der Waals surface area (Å²) in [6.45, 7) is 2.31. The molecule has 1 unspecified atom stereocenters. The number of benzene rings is 1. The van der Waals surface area contributed by atoms with Crippen molar-refractivity contribution in [2.24, 2.45) is 5.92 Å². The zero-order valence-corrected chi connectivity index (χ0v) is 11.1. The number of hydrogen-bond donors (Lipinski definition) is 2. The molecule has 1 aromatic carbocycles. The fraction of sp³-hybridized carbons (Fsp3) is 0.357. The Balaban J connectivity index is 2.11. The third kappa shape index (κ3) is 3.14. The number of rotatable bonds is 4. The van der Waals surface area contributed by atoms with Crippen LogP contribution in [-0.2, 0) is 14.3 Å². The summed E-state index contributed by atoms with van der Waals surface area (Å²) in [5, 5.41) is 5.28. The summed E-state index contributed by atoms with van der Waals surface area (Å²) in [5.41, 5.74) is 0.704. The molecule has 6 nitrogen and oxygen atoms in total. The van der Waals surface area contributed by atoms with E-state index in [1.54, 1.807) is 31.2 Å². The largest absolute Gasteiger partial charge is 0.462 e. The summed E-state index contributed by atoms with van der Waals surface area (Å²) in [7, 11) is 0. The van der Waals surface area contributed by atoms with Crippen LogP contribution >= 0.6 is 0 Å². The van der Waals surface area contributed by atoms with Crippen LogP contribution in [0.3, 0.4) is 0 Å². The van der Waals surface area contributed by atoms with Crippen molar-refractivity contribution in [1.29, 1.82) is 0 Å². The molecule has 20 heavy (non-hydrogen) atoms. The average molecular weight is 276 g/mol. The van der Waals surface area contributed by atoms with Gasteiger partial charge in [-0.2, -0.15) is 0 Å². The molecular formula is C14H16N2O4. The molecule has 106 valence electrons. The molecule has 0 saturated carbocycles. The minimum Gasteiger partial charge on any atom is -0.462 e. The van der Waals surface area contributed by atoms with Crippen molar-refractivity contribution in [3.8, 4) is 0 Å². The van der Waals surface area contributed by atoms with E-state index < -0.39 is 11.9 Å². The Hall–Kier alpha value is -2.37. The van der Waals surface area contributed by atoms with E-state index >= 15 is 0 Å². The van der Waals surface area contributed by atoms with Crippen LogP contribution < -0.4 is 10.6 Å². The van der Waals surface area contributed by atoms with Gasteiger partial charge in [-0.1, -0.05) is 12.1 Å². The highest BCUT2D eigenvalue weighted by atomic mass is 16.5. The third-order valence-electron chi connectivity index (χ3n) is 3.03. The molecule has 1 heterocycles. The maximum absolute atomic E-state index is 12.0. The molecular weight excluding hydrogens is 260 g/mol. The van der Waals surface area contributed by atoms with Gasteiger partial charge in [-0.15, -0.1) is 0 Å². The Kier molecular flexibility index (Phi) is 4.34. The van der Waals surface area contributed by atoms with Crippen molar-refractivity contribution in [3.63, 3.8) is 0 Å². The van der Waals surface area contributed by atoms with E-state index in [4.69, 9.17) is 4.74 Å². The normalized spacial score (nSPS) is 17.4. The summed E-state index contributed by atoms with van der Waals surface area (Å²) in [4.78, 5) is 34.9. The fourth-order valence-corrected chi connectivity index (χ4v) is 2.00. The van der Waals surface area contributed by atoms with Gasteiger partial charge in [0.05, 0.1) is 23.8 Å². The molecule has 1 atom stereocenters. The Morgan fingerprint density at radius 1 is 1.40 bits per heavy atom. The number of hydrogen-bond acceptors (Lipinski definition) is 4. The molecule has 1 aliphatic rings. The minimum atomic E-state index is -0.482. The molecule has 6 heteroatoms. The van der Waals surface area contributed by atoms with E-state index in [1.165, 1.54) is 0 Å². The average Bonchev–Trinajstić information content (AvgIpc) is 2.86. The first kappa shape index (κ1) is 14.0. The van der Waals surface area contributed by atoms with E-state index in [2.05, 4.69) is 10.6 Å². The van der Waals surface area contributed by atoms with Crippen molar-refractivity contribution in [2.75, 3.05) is 18.5 Å². The van der Waals surface area contributed by atoms with Gasteiger partial charge in [-0.3, -0.25) is 9.59 Å².